The molecule has 0 atom stereocenters. The van der Waals surface area contributed by atoms with Crippen LogP contribution < -0.4 is 0 Å². The Morgan fingerprint density at radius 3 is 2.26 bits per heavy atom. The average Bonchev–Trinajstić information content (AvgIpc) is 2.34. The Morgan fingerprint density at radius 1 is 1.21 bits per heavy atom. The second kappa shape index (κ2) is 6.50. The van der Waals surface area contributed by atoms with Crippen molar-refractivity contribution in [1.82, 2.24) is 0 Å². The van der Waals surface area contributed by atoms with Gasteiger partial charge >= 0.3 is 0 Å². The maximum absolute atomic E-state index is 9.45. The van der Waals surface area contributed by atoms with Gasteiger partial charge in [0.15, 0.2) is 8.32 Å². The van der Waals surface area contributed by atoms with Gasteiger partial charge in [-0.25, -0.2) is 0 Å². The fourth-order valence-corrected chi connectivity index (χ4v) is 2.39. The van der Waals surface area contributed by atoms with Gasteiger partial charge in [0, 0.05) is 0 Å². The van der Waals surface area contributed by atoms with Crippen molar-refractivity contribution in [3.8, 4) is 0 Å². The van der Waals surface area contributed by atoms with Crippen molar-refractivity contribution in [2.45, 2.75) is 38.9 Å². The molecule has 1 aromatic carbocycles. The van der Waals surface area contributed by atoms with Crippen LogP contribution in [0.2, 0.25) is 18.1 Å². The Hall–Kier alpha value is -0.903. The number of aliphatic hydroxyl groups excluding tert-OH is 1. The van der Waals surface area contributed by atoms with E-state index in [-0.39, 0.29) is 11.6 Å². The lowest BCUT2D eigenvalue weighted by molar-refractivity contribution is 0.275. The van der Waals surface area contributed by atoms with Crippen LogP contribution in [0.4, 0.5) is 0 Å². The highest BCUT2D eigenvalue weighted by Crippen LogP contribution is 2.36. The molecule has 1 rings (SSSR count). The van der Waals surface area contributed by atoms with Crippen molar-refractivity contribution in [2.75, 3.05) is 13.2 Å². The quantitative estimate of drug-likeness (QED) is 0.822. The highest BCUT2D eigenvalue weighted by molar-refractivity contribution is 6.74. The van der Waals surface area contributed by atoms with Crippen molar-refractivity contribution in [3.63, 3.8) is 0 Å². The molecule has 0 amide bonds. The molecule has 1 aromatic rings. The Labute approximate surface area is 118 Å². The molecule has 0 spiro atoms. The largest absolute Gasteiger partial charge is 0.413 e. The van der Waals surface area contributed by atoms with Crippen LogP contribution in [-0.2, 0) is 4.43 Å². The summed E-state index contributed by atoms with van der Waals surface area (Å²) in [6, 6.07) is 10.0. The lowest BCUT2D eigenvalue weighted by Gasteiger charge is -2.36. The Balaban J connectivity index is 2.72. The summed E-state index contributed by atoms with van der Waals surface area (Å²) in [4.78, 5) is 0. The maximum Gasteiger partial charge on any atom is 0.192 e. The summed E-state index contributed by atoms with van der Waals surface area (Å²) in [6.45, 7) is 11.7. The molecule has 0 bridgehead atoms. The minimum atomic E-state index is -1.75. The van der Waals surface area contributed by atoms with Gasteiger partial charge in [0.2, 0.25) is 0 Å². The van der Waals surface area contributed by atoms with E-state index in [1.165, 1.54) is 0 Å². The van der Waals surface area contributed by atoms with Crippen molar-refractivity contribution in [2.24, 2.45) is 0 Å². The van der Waals surface area contributed by atoms with Gasteiger partial charge in [-0.3, -0.25) is 0 Å². The van der Waals surface area contributed by atoms with E-state index in [4.69, 9.17) is 4.43 Å². The second-order valence-corrected chi connectivity index (χ2v) is 11.2. The summed E-state index contributed by atoms with van der Waals surface area (Å²) in [5.41, 5.74) is 2.03. The van der Waals surface area contributed by atoms with Gasteiger partial charge in [-0.2, -0.15) is 0 Å². The van der Waals surface area contributed by atoms with Crippen LogP contribution in [0.3, 0.4) is 0 Å². The Kier molecular flexibility index (Phi) is 5.53. The van der Waals surface area contributed by atoms with E-state index in [1.54, 1.807) is 0 Å². The minimum absolute atomic E-state index is 0.0452. The first-order chi connectivity index (χ1) is 8.76. The Morgan fingerprint density at radius 2 is 1.79 bits per heavy atom. The van der Waals surface area contributed by atoms with Gasteiger partial charge < -0.3 is 9.53 Å². The van der Waals surface area contributed by atoms with Crippen LogP contribution in [-0.4, -0.2) is 26.6 Å². The van der Waals surface area contributed by atoms with Crippen LogP contribution >= 0.6 is 0 Å². The first kappa shape index (κ1) is 16.2. The maximum atomic E-state index is 9.45. The molecule has 0 heterocycles. The first-order valence-electron chi connectivity index (χ1n) is 6.75. The molecule has 1 N–H and O–H groups in total. The average molecular weight is 278 g/mol. The van der Waals surface area contributed by atoms with E-state index in [9.17, 15) is 5.11 Å². The predicted octanol–water partition coefficient (Wildman–Crippen LogP) is 4.08. The van der Waals surface area contributed by atoms with Crippen molar-refractivity contribution in [1.29, 1.82) is 0 Å². The van der Waals surface area contributed by atoms with E-state index in [1.807, 2.05) is 36.4 Å². The molecule has 0 aliphatic heterocycles. The second-order valence-electron chi connectivity index (χ2n) is 6.42. The van der Waals surface area contributed by atoms with Gasteiger partial charge in [-0.05, 0) is 29.3 Å². The topological polar surface area (TPSA) is 29.5 Å². The van der Waals surface area contributed by atoms with Crippen LogP contribution in [0.25, 0.3) is 6.08 Å². The number of rotatable bonds is 5. The minimum Gasteiger partial charge on any atom is -0.413 e. The summed E-state index contributed by atoms with van der Waals surface area (Å²) >= 11 is 0. The molecule has 0 saturated carbocycles. The monoisotopic (exact) mass is 278 g/mol. The van der Waals surface area contributed by atoms with Crippen LogP contribution in [0.5, 0.6) is 0 Å². The van der Waals surface area contributed by atoms with E-state index >= 15 is 0 Å². The van der Waals surface area contributed by atoms with Gasteiger partial charge in [0.1, 0.15) is 0 Å². The molecule has 0 saturated heterocycles. The molecule has 2 nitrogen and oxygen atoms in total. The third-order valence-corrected chi connectivity index (χ3v) is 8.28. The van der Waals surface area contributed by atoms with Crippen molar-refractivity contribution in [3.05, 3.63) is 41.5 Å². The van der Waals surface area contributed by atoms with E-state index in [0.29, 0.717) is 6.61 Å². The molecular formula is C16H26O2Si. The molecule has 0 unspecified atom stereocenters. The Bertz CT molecular complexity index is 416. The predicted molar refractivity (Wildman–Crippen MR) is 84.7 cm³/mol. The standard InChI is InChI=1S/C16H26O2Si/c1-16(2,3)19(4,5)18-13-15(12-17)11-14-9-7-6-8-10-14/h6-11,17H,12-13H2,1-5H3/b15-11-. The molecule has 3 heteroatoms. The highest BCUT2D eigenvalue weighted by Gasteiger charge is 2.37. The van der Waals surface area contributed by atoms with Gasteiger partial charge in [0.05, 0.1) is 13.2 Å². The van der Waals surface area contributed by atoms with Crippen LogP contribution in [0.15, 0.2) is 35.9 Å². The zero-order chi connectivity index (χ0) is 14.5. The number of aliphatic hydroxyl groups is 1. The van der Waals surface area contributed by atoms with Crippen molar-refractivity contribution >= 4 is 14.4 Å². The molecule has 0 radical (unpaired) electrons. The lowest BCUT2D eigenvalue weighted by Crippen LogP contribution is -2.41. The van der Waals surface area contributed by atoms with E-state index in [0.717, 1.165) is 11.1 Å². The zero-order valence-corrected chi connectivity index (χ0v) is 13.7. The van der Waals surface area contributed by atoms with Gasteiger partial charge in [0.25, 0.3) is 0 Å². The fraction of sp³-hybridized carbons (Fsp3) is 0.500. The summed E-state index contributed by atoms with van der Waals surface area (Å²) in [6.07, 6.45) is 2.01. The van der Waals surface area contributed by atoms with E-state index < -0.39 is 8.32 Å². The van der Waals surface area contributed by atoms with Crippen molar-refractivity contribution < 1.29 is 9.53 Å². The number of benzene rings is 1. The van der Waals surface area contributed by atoms with Crippen LogP contribution in [0, 0.1) is 0 Å². The fourth-order valence-electron chi connectivity index (χ4n) is 1.41. The zero-order valence-electron chi connectivity index (χ0n) is 12.7. The summed E-state index contributed by atoms with van der Waals surface area (Å²) in [7, 11) is -1.75. The molecule has 0 aromatic heterocycles. The summed E-state index contributed by atoms with van der Waals surface area (Å²) in [5, 5.41) is 9.65. The van der Waals surface area contributed by atoms with Gasteiger partial charge in [-0.15, -0.1) is 0 Å². The third-order valence-electron chi connectivity index (χ3n) is 3.80. The smallest absolute Gasteiger partial charge is 0.192 e. The number of hydrogen-bond donors (Lipinski definition) is 1. The normalized spacial score (nSPS) is 13.7. The molecular weight excluding hydrogens is 252 g/mol. The molecule has 0 aliphatic rings. The van der Waals surface area contributed by atoms with Gasteiger partial charge in [-0.1, -0.05) is 57.2 Å². The summed E-state index contributed by atoms with van der Waals surface area (Å²) in [5.74, 6) is 0. The number of hydrogen-bond acceptors (Lipinski definition) is 2. The SMILES string of the molecule is CC(C)(C)[Si](C)(C)OC/C(=C\c1ccccc1)CO. The third kappa shape index (κ3) is 4.94. The summed E-state index contributed by atoms with van der Waals surface area (Å²) < 4.78 is 6.13. The molecule has 0 aliphatic carbocycles. The molecule has 0 fully saturated rings. The molecule has 19 heavy (non-hydrogen) atoms. The lowest BCUT2D eigenvalue weighted by atomic mass is 10.1. The first-order valence-corrected chi connectivity index (χ1v) is 9.66. The highest BCUT2D eigenvalue weighted by atomic mass is 28.4. The van der Waals surface area contributed by atoms with Crippen LogP contribution in [0.1, 0.15) is 26.3 Å². The van der Waals surface area contributed by atoms with E-state index in [2.05, 4.69) is 33.9 Å². The molecule has 106 valence electrons.